The molecular weight excluding hydrogens is 292 g/mol. The first-order valence-electron chi connectivity index (χ1n) is 7.17. The van der Waals surface area contributed by atoms with Crippen LogP contribution in [0.5, 0.6) is 0 Å². The summed E-state index contributed by atoms with van der Waals surface area (Å²) in [5.74, 6) is 0.410. The lowest BCUT2D eigenvalue weighted by molar-refractivity contribution is 0.259. The van der Waals surface area contributed by atoms with E-state index in [0.29, 0.717) is 22.4 Å². The quantitative estimate of drug-likeness (QED) is 0.764. The Hall–Kier alpha value is -3.15. The first kappa shape index (κ1) is 14.8. The number of hydrogen-bond donors (Lipinski definition) is 2. The van der Waals surface area contributed by atoms with Gasteiger partial charge in [-0.15, -0.1) is 0 Å². The molecule has 0 saturated heterocycles. The van der Waals surface area contributed by atoms with Gasteiger partial charge < -0.3 is 5.32 Å². The number of para-hydroxylation sites is 1. The highest BCUT2D eigenvalue weighted by atomic mass is 16.2. The van der Waals surface area contributed by atoms with Gasteiger partial charge in [0.05, 0.1) is 10.9 Å². The average Bonchev–Trinajstić information content (AvgIpc) is 2.51. The molecule has 6 nitrogen and oxygen atoms in total. The minimum Gasteiger partial charge on any atom is -0.307 e. The number of aromatic nitrogens is 2. The van der Waals surface area contributed by atoms with Gasteiger partial charge in [0.1, 0.15) is 5.82 Å². The van der Waals surface area contributed by atoms with Crippen molar-refractivity contribution in [3.8, 4) is 0 Å². The van der Waals surface area contributed by atoms with Crippen LogP contribution in [0.3, 0.4) is 0 Å². The molecule has 23 heavy (non-hydrogen) atoms. The summed E-state index contributed by atoms with van der Waals surface area (Å²) >= 11 is 0. The van der Waals surface area contributed by atoms with Crippen LogP contribution in [0.2, 0.25) is 0 Å². The Morgan fingerprint density at radius 3 is 2.65 bits per heavy atom. The Kier molecular flexibility index (Phi) is 3.80. The third kappa shape index (κ3) is 3.06. The largest absolute Gasteiger partial charge is 0.338 e. The molecule has 0 aliphatic heterocycles. The van der Waals surface area contributed by atoms with E-state index in [0.717, 1.165) is 10.2 Å². The van der Waals surface area contributed by atoms with Crippen LogP contribution in [0.25, 0.3) is 10.9 Å². The number of aryl methyl sites for hydroxylation is 2. The van der Waals surface area contributed by atoms with E-state index in [2.05, 4.69) is 15.7 Å². The molecule has 3 rings (SSSR count). The molecule has 0 fully saturated rings. The van der Waals surface area contributed by atoms with E-state index < -0.39 is 6.03 Å². The Morgan fingerprint density at radius 1 is 1.09 bits per heavy atom. The van der Waals surface area contributed by atoms with Gasteiger partial charge in [-0.3, -0.25) is 4.79 Å². The van der Waals surface area contributed by atoms with Crippen LogP contribution in [0, 0.1) is 13.8 Å². The molecule has 2 amide bonds. The second-order valence-corrected chi connectivity index (χ2v) is 5.25. The molecule has 6 heteroatoms. The van der Waals surface area contributed by atoms with Gasteiger partial charge in [0.25, 0.3) is 5.56 Å². The zero-order chi connectivity index (χ0) is 16.4. The molecule has 0 atom stereocenters. The van der Waals surface area contributed by atoms with Crippen molar-refractivity contribution in [3.05, 3.63) is 70.3 Å². The summed E-state index contributed by atoms with van der Waals surface area (Å²) in [6, 6.07) is 13.9. The van der Waals surface area contributed by atoms with Crippen molar-refractivity contribution in [2.45, 2.75) is 13.8 Å². The molecule has 3 aromatic rings. The van der Waals surface area contributed by atoms with Gasteiger partial charge >= 0.3 is 6.03 Å². The fourth-order valence-electron chi connectivity index (χ4n) is 2.36. The third-order valence-electron chi connectivity index (χ3n) is 3.43. The summed E-state index contributed by atoms with van der Waals surface area (Å²) in [5, 5.41) is 3.15. The molecule has 0 aliphatic rings. The predicted molar refractivity (Wildman–Crippen MR) is 90.3 cm³/mol. The van der Waals surface area contributed by atoms with E-state index in [-0.39, 0.29) is 5.56 Å². The predicted octanol–water partition coefficient (Wildman–Crippen LogP) is 2.79. The molecule has 0 radical (unpaired) electrons. The van der Waals surface area contributed by atoms with Crippen LogP contribution >= 0.6 is 0 Å². The van der Waals surface area contributed by atoms with Gasteiger partial charge in [-0.05, 0) is 43.7 Å². The van der Waals surface area contributed by atoms with Gasteiger partial charge in [-0.1, -0.05) is 24.3 Å². The van der Waals surface area contributed by atoms with Crippen molar-refractivity contribution in [3.63, 3.8) is 0 Å². The van der Waals surface area contributed by atoms with E-state index in [1.54, 1.807) is 31.2 Å². The highest BCUT2D eigenvalue weighted by Gasteiger charge is 2.10. The summed E-state index contributed by atoms with van der Waals surface area (Å²) in [5.41, 5.74) is 4.51. The number of amides is 2. The topological polar surface area (TPSA) is 76.0 Å². The van der Waals surface area contributed by atoms with Crippen LogP contribution in [-0.2, 0) is 0 Å². The molecule has 0 bridgehead atoms. The summed E-state index contributed by atoms with van der Waals surface area (Å²) < 4.78 is 1.15. The molecule has 2 aromatic carbocycles. The number of nitrogens with zero attached hydrogens (tertiary/aromatic N) is 2. The maximum Gasteiger partial charge on any atom is 0.338 e. The molecule has 0 saturated carbocycles. The summed E-state index contributed by atoms with van der Waals surface area (Å²) in [4.78, 5) is 28.9. The molecule has 0 aliphatic carbocycles. The van der Waals surface area contributed by atoms with Gasteiger partial charge in [-0.2, -0.15) is 0 Å². The van der Waals surface area contributed by atoms with E-state index in [4.69, 9.17) is 0 Å². The minimum absolute atomic E-state index is 0.313. The molecule has 0 spiro atoms. The first-order chi connectivity index (χ1) is 11.0. The van der Waals surface area contributed by atoms with Crippen molar-refractivity contribution >= 4 is 22.6 Å². The smallest absolute Gasteiger partial charge is 0.307 e. The molecule has 1 heterocycles. The lowest BCUT2D eigenvalue weighted by atomic mass is 10.2. The molecular formula is C17H16N4O2. The Bertz CT molecular complexity index is 947. The molecule has 0 unspecified atom stereocenters. The molecule has 1 aromatic heterocycles. The number of hydrogen-bond acceptors (Lipinski definition) is 3. The highest BCUT2D eigenvalue weighted by Crippen LogP contribution is 2.10. The Morgan fingerprint density at radius 2 is 1.87 bits per heavy atom. The zero-order valence-corrected chi connectivity index (χ0v) is 12.8. The normalized spacial score (nSPS) is 10.5. The number of anilines is 1. The maximum absolute atomic E-state index is 12.5. The standard InChI is InChI=1S/C17H16N4O2/c1-11-6-5-7-13(10-11)19-17(23)20-21-12(2)18-15-9-4-3-8-14(15)16(21)22/h3-10H,1-2H3,(H2,19,20,23). The monoisotopic (exact) mass is 308 g/mol. The van der Waals surface area contributed by atoms with Crippen molar-refractivity contribution in [2.75, 3.05) is 10.7 Å². The van der Waals surface area contributed by atoms with Crippen LogP contribution in [0.1, 0.15) is 11.4 Å². The van der Waals surface area contributed by atoms with Crippen molar-refractivity contribution in [1.82, 2.24) is 9.66 Å². The SMILES string of the molecule is Cc1cccc(NC(=O)Nn2c(C)nc3ccccc3c2=O)c1. The lowest BCUT2D eigenvalue weighted by Gasteiger charge is -2.13. The van der Waals surface area contributed by atoms with Gasteiger partial charge in [0.2, 0.25) is 0 Å². The summed E-state index contributed by atoms with van der Waals surface area (Å²) in [6.07, 6.45) is 0. The number of rotatable bonds is 2. The van der Waals surface area contributed by atoms with E-state index in [9.17, 15) is 9.59 Å². The van der Waals surface area contributed by atoms with Crippen molar-refractivity contribution in [1.29, 1.82) is 0 Å². The molecule has 2 N–H and O–H groups in total. The van der Waals surface area contributed by atoms with Crippen LogP contribution in [0.4, 0.5) is 10.5 Å². The second kappa shape index (κ2) is 5.92. The highest BCUT2D eigenvalue weighted by molar-refractivity contribution is 5.95. The van der Waals surface area contributed by atoms with Crippen LogP contribution in [-0.4, -0.2) is 15.7 Å². The van der Waals surface area contributed by atoms with Crippen LogP contribution < -0.4 is 16.3 Å². The number of fused-ring (bicyclic) bond motifs is 1. The fourth-order valence-corrected chi connectivity index (χ4v) is 2.36. The van der Waals surface area contributed by atoms with Crippen molar-refractivity contribution in [2.24, 2.45) is 0 Å². The van der Waals surface area contributed by atoms with Gasteiger partial charge in [-0.25, -0.2) is 19.9 Å². The third-order valence-corrected chi connectivity index (χ3v) is 3.43. The summed E-state index contributed by atoms with van der Waals surface area (Å²) in [7, 11) is 0. The van der Waals surface area contributed by atoms with E-state index >= 15 is 0 Å². The fraction of sp³-hybridized carbons (Fsp3) is 0.118. The van der Waals surface area contributed by atoms with Crippen LogP contribution in [0.15, 0.2) is 53.3 Å². The number of carbonyl (C=O) groups excluding carboxylic acids is 1. The zero-order valence-electron chi connectivity index (χ0n) is 12.8. The maximum atomic E-state index is 12.5. The van der Waals surface area contributed by atoms with Crippen molar-refractivity contribution < 1.29 is 4.79 Å². The van der Waals surface area contributed by atoms with E-state index in [1.807, 2.05) is 31.2 Å². The van der Waals surface area contributed by atoms with Gasteiger partial charge in [0, 0.05) is 5.69 Å². The lowest BCUT2D eigenvalue weighted by Crippen LogP contribution is -2.37. The first-order valence-corrected chi connectivity index (χ1v) is 7.17. The number of carbonyl (C=O) groups is 1. The number of nitrogens with one attached hydrogen (secondary N) is 2. The summed E-state index contributed by atoms with van der Waals surface area (Å²) in [6.45, 7) is 3.60. The average molecular weight is 308 g/mol. The Balaban J connectivity index is 1.89. The Labute approximate surface area is 132 Å². The second-order valence-electron chi connectivity index (χ2n) is 5.25. The molecule has 116 valence electrons. The van der Waals surface area contributed by atoms with E-state index in [1.165, 1.54) is 0 Å². The number of benzene rings is 2. The minimum atomic E-state index is -0.502. The van der Waals surface area contributed by atoms with Gasteiger partial charge in [0.15, 0.2) is 0 Å². The number of urea groups is 1.